The van der Waals surface area contributed by atoms with Gasteiger partial charge in [-0.05, 0) is 81.6 Å². The molecule has 4 bridgehead atoms. The van der Waals surface area contributed by atoms with Gasteiger partial charge >= 0.3 is 0 Å². The third kappa shape index (κ3) is 2.92. The Morgan fingerprint density at radius 2 is 1.67 bits per heavy atom. The molecule has 4 aliphatic carbocycles. The lowest BCUT2D eigenvalue weighted by molar-refractivity contribution is -0.0688. The molecule has 1 aromatic heterocycles. The number of nitrogens with one attached hydrogen (secondary N) is 1. The van der Waals surface area contributed by atoms with Crippen LogP contribution in [0.1, 0.15) is 61.6 Å². The van der Waals surface area contributed by atoms with Crippen LogP contribution in [0.5, 0.6) is 0 Å². The van der Waals surface area contributed by atoms with Gasteiger partial charge in [0.2, 0.25) is 0 Å². The van der Waals surface area contributed by atoms with Crippen LogP contribution in [0.15, 0.2) is 40.8 Å². The molecule has 0 spiro atoms. The van der Waals surface area contributed by atoms with Crippen LogP contribution in [0, 0.1) is 30.1 Å². The number of aryl methyl sites for hydroxylation is 1. The maximum atomic E-state index is 13.0. The molecule has 3 heteroatoms. The molecule has 1 atom stereocenters. The summed E-state index contributed by atoms with van der Waals surface area (Å²) >= 11 is 0. The Kier molecular flexibility index (Phi) is 3.96. The Labute approximate surface area is 161 Å². The van der Waals surface area contributed by atoms with Crippen molar-refractivity contribution in [1.82, 2.24) is 5.32 Å². The molecule has 0 radical (unpaired) electrons. The number of amides is 1. The highest BCUT2D eigenvalue weighted by atomic mass is 16.3. The zero-order valence-corrected chi connectivity index (χ0v) is 16.3. The zero-order valence-electron chi connectivity index (χ0n) is 16.3. The summed E-state index contributed by atoms with van der Waals surface area (Å²) in [5, 5.41) is 3.36. The Morgan fingerprint density at radius 1 is 1.07 bits per heavy atom. The summed E-state index contributed by atoms with van der Waals surface area (Å²) in [5.74, 6) is 4.18. The molecule has 1 aromatic carbocycles. The van der Waals surface area contributed by atoms with Crippen LogP contribution < -0.4 is 5.32 Å². The van der Waals surface area contributed by atoms with Gasteiger partial charge in [0.15, 0.2) is 0 Å². The van der Waals surface area contributed by atoms with Crippen LogP contribution in [-0.4, -0.2) is 11.9 Å². The molecular formula is C24H29NO2. The summed E-state index contributed by atoms with van der Waals surface area (Å²) in [6.07, 6.45) is 8.21. The summed E-state index contributed by atoms with van der Waals surface area (Å²) in [7, 11) is 0. The highest BCUT2D eigenvalue weighted by Crippen LogP contribution is 2.61. The third-order valence-corrected chi connectivity index (χ3v) is 7.57. The Bertz CT molecular complexity index is 815. The number of carbonyl (C=O) groups excluding carboxylic acids is 1. The van der Waals surface area contributed by atoms with Crippen LogP contribution in [0.2, 0.25) is 0 Å². The minimum atomic E-state index is 0.0154. The molecule has 4 saturated carbocycles. The maximum absolute atomic E-state index is 13.0. The van der Waals surface area contributed by atoms with Gasteiger partial charge in [0.05, 0.1) is 5.56 Å². The van der Waals surface area contributed by atoms with E-state index in [-0.39, 0.29) is 11.9 Å². The lowest BCUT2D eigenvalue weighted by Crippen LogP contribution is -2.55. The van der Waals surface area contributed by atoms with E-state index in [1.54, 1.807) is 0 Å². The van der Waals surface area contributed by atoms with E-state index in [1.807, 2.05) is 43.3 Å². The predicted octanol–water partition coefficient (Wildman–Crippen LogP) is 5.59. The first kappa shape index (κ1) is 17.1. The van der Waals surface area contributed by atoms with Gasteiger partial charge in [0.25, 0.3) is 5.91 Å². The van der Waals surface area contributed by atoms with Gasteiger partial charge in [0, 0.05) is 11.6 Å². The van der Waals surface area contributed by atoms with E-state index in [0.717, 1.165) is 29.1 Å². The van der Waals surface area contributed by atoms with Gasteiger partial charge in [-0.3, -0.25) is 4.79 Å². The highest BCUT2D eigenvalue weighted by molar-refractivity contribution is 5.96. The molecule has 1 amide bonds. The average molecular weight is 364 g/mol. The second-order valence-corrected chi connectivity index (χ2v) is 9.42. The zero-order chi connectivity index (χ0) is 18.6. The predicted molar refractivity (Wildman–Crippen MR) is 106 cm³/mol. The van der Waals surface area contributed by atoms with E-state index in [4.69, 9.17) is 4.42 Å². The van der Waals surface area contributed by atoms with Crippen molar-refractivity contribution in [3.63, 3.8) is 0 Å². The lowest BCUT2D eigenvalue weighted by atomic mass is 9.48. The lowest BCUT2D eigenvalue weighted by Gasteiger charge is -2.59. The minimum absolute atomic E-state index is 0.0154. The number of hydrogen-bond acceptors (Lipinski definition) is 2. The van der Waals surface area contributed by atoms with Gasteiger partial charge in [-0.25, -0.2) is 0 Å². The minimum Gasteiger partial charge on any atom is -0.461 e. The number of furan rings is 1. The van der Waals surface area contributed by atoms with Crippen molar-refractivity contribution in [3.8, 4) is 11.3 Å². The van der Waals surface area contributed by atoms with Crippen molar-refractivity contribution in [2.75, 3.05) is 0 Å². The van der Waals surface area contributed by atoms with Crippen LogP contribution >= 0.6 is 0 Å². The van der Waals surface area contributed by atoms with Crippen molar-refractivity contribution < 1.29 is 9.21 Å². The Hall–Kier alpha value is -2.03. The van der Waals surface area contributed by atoms with Crippen molar-refractivity contribution in [3.05, 3.63) is 47.7 Å². The maximum Gasteiger partial charge on any atom is 0.255 e. The molecule has 1 N–H and O–H groups in total. The summed E-state index contributed by atoms with van der Waals surface area (Å²) in [6.45, 7) is 4.12. The van der Waals surface area contributed by atoms with Crippen LogP contribution in [0.25, 0.3) is 11.3 Å². The van der Waals surface area contributed by atoms with E-state index in [1.165, 1.54) is 38.5 Å². The molecule has 0 unspecified atom stereocenters. The smallest absolute Gasteiger partial charge is 0.255 e. The van der Waals surface area contributed by atoms with Gasteiger partial charge in [-0.15, -0.1) is 0 Å². The first-order chi connectivity index (χ1) is 13.0. The highest BCUT2D eigenvalue weighted by Gasteiger charge is 2.53. The van der Waals surface area contributed by atoms with E-state index in [0.29, 0.717) is 16.7 Å². The molecule has 4 fully saturated rings. The molecule has 0 saturated heterocycles. The van der Waals surface area contributed by atoms with Crippen molar-refractivity contribution in [2.24, 2.45) is 23.2 Å². The fourth-order valence-corrected chi connectivity index (χ4v) is 6.59. The van der Waals surface area contributed by atoms with Crippen LogP contribution in [0.3, 0.4) is 0 Å². The molecule has 1 heterocycles. The van der Waals surface area contributed by atoms with Crippen LogP contribution in [-0.2, 0) is 0 Å². The molecule has 0 aliphatic heterocycles. The topological polar surface area (TPSA) is 42.2 Å². The summed E-state index contributed by atoms with van der Waals surface area (Å²) < 4.78 is 5.89. The van der Waals surface area contributed by atoms with Gasteiger partial charge in [-0.2, -0.15) is 0 Å². The van der Waals surface area contributed by atoms with Gasteiger partial charge < -0.3 is 9.73 Å². The van der Waals surface area contributed by atoms with E-state index >= 15 is 0 Å². The molecule has 4 aliphatic rings. The molecule has 3 nitrogen and oxygen atoms in total. The molecule has 2 aromatic rings. The summed E-state index contributed by atoms with van der Waals surface area (Å²) in [5.41, 5.74) is 2.00. The standard InChI is InChI=1S/C24H29NO2/c1-15-21(11-22(27-15)20-6-4-3-5-7-20)23(26)25-16(2)24-12-17-8-18(13-24)10-19(9-17)14-24/h3-7,11,16-19H,8-10,12-14H2,1-2H3,(H,25,26)/t16-,17?,18?,19?,24?/m1/s1. The Balaban J connectivity index is 1.34. The van der Waals surface area contributed by atoms with Gasteiger partial charge in [-0.1, -0.05) is 30.3 Å². The molecule has 142 valence electrons. The SMILES string of the molecule is Cc1oc(-c2ccccc2)cc1C(=O)N[C@H](C)C12CC3CC(CC(C3)C1)C2. The third-order valence-electron chi connectivity index (χ3n) is 7.57. The number of hydrogen-bond donors (Lipinski definition) is 1. The molecular weight excluding hydrogens is 334 g/mol. The number of rotatable bonds is 4. The Morgan fingerprint density at radius 3 is 2.26 bits per heavy atom. The first-order valence-electron chi connectivity index (χ1n) is 10.5. The van der Waals surface area contributed by atoms with Gasteiger partial charge in [0.1, 0.15) is 11.5 Å². The fraction of sp³-hybridized carbons (Fsp3) is 0.542. The van der Waals surface area contributed by atoms with Crippen LogP contribution in [0.4, 0.5) is 0 Å². The van der Waals surface area contributed by atoms with E-state index in [2.05, 4.69) is 12.2 Å². The molecule has 6 rings (SSSR count). The van der Waals surface area contributed by atoms with Crippen molar-refractivity contribution in [1.29, 1.82) is 0 Å². The largest absolute Gasteiger partial charge is 0.461 e. The number of carbonyl (C=O) groups is 1. The van der Waals surface area contributed by atoms with E-state index < -0.39 is 0 Å². The monoisotopic (exact) mass is 363 g/mol. The fourth-order valence-electron chi connectivity index (χ4n) is 6.59. The van der Waals surface area contributed by atoms with Crippen molar-refractivity contribution >= 4 is 5.91 Å². The van der Waals surface area contributed by atoms with Crippen molar-refractivity contribution in [2.45, 2.75) is 58.4 Å². The quantitative estimate of drug-likeness (QED) is 0.769. The van der Waals surface area contributed by atoms with E-state index in [9.17, 15) is 4.79 Å². The number of benzene rings is 1. The normalized spacial score (nSPS) is 32.4. The second-order valence-electron chi connectivity index (χ2n) is 9.42. The second kappa shape index (κ2) is 6.25. The molecule has 27 heavy (non-hydrogen) atoms. The first-order valence-corrected chi connectivity index (χ1v) is 10.5. The average Bonchev–Trinajstić information content (AvgIpc) is 3.03. The summed E-state index contributed by atoms with van der Waals surface area (Å²) in [4.78, 5) is 13.0. The summed E-state index contributed by atoms with van der Waals surface area (Å²) in [6, 6.07) is 12.1.